The standard InChI is InChI=1S/C14H24O9/c1-2-20-12-5-8(16)13(17)10(23-12)6-21-11-4-7(15)3-9(22-11)14(18)19/h7-13,15-17H,2-6H2,1H3,(H,18,19)/t7-,8?,9?,10?,11?,12-,13-/m0/s1. The van der Waals surface area contributed by atoms with Crippen molar-refractivity contribution >= 4 is 5.97 Å². The van der Waals surface area contributed by atoms with Crippen molar-refractivity contribution in [3.63, 3.8) is 0 Å². The van der Waals surface area contributed by atoms with E-state index in [1.807, 2.05) is 0 Å². The summed E-state index contributed by atoms with van der Waals surface area (Å²) in [4.78, 5) is 11.0. The first kappa shape index (κ1) is 18.5. The van der Waals surface area contributed by atoms with Crippen LogP contribution in [0, 0.1) is 0 Å². The Labute approximate surface area is 133 Å². The fourth-order valence-electron chi connectivity index (χ4n) is 2.67. The second kappa shape index (κ2) is 8.34. The SMILES string of the molecule is CCO[C@@H]1CC(O)[C@H](O)C(COC2C[C@@H](O)CC(C(=O)O)O2)O1. The molecule has 4 unspecified atom stereocenters. The quantitative estimate of drug-likeness (QED) is 0.473. The summed E-state index contributed by atoms with van der Waals surface area (Å²) in [6, 6.07) is 0. The molecule has 4 N–H and O–H groups in total. The maximum absolute atomic E-state index is 11.0. The van der Waals surface area contributed by atoms with Crippen LogP contribution in [-0.4, -0.2) is 82.7 Å². The summed E-state index contributed by atoms with van der Waals surface area (Å²) >= 11 is 0. The van der Waals surface area contributed by atoms with Crippen LogP contribution in [0.25, 0.3) is 0 Å². The Morgan fingerprint density at radius 3 is 2.43 bits per heavy atom. The number of hydrogen-bond acceptors (Lipinski definition) is 8. The minimum atomic E-state index is -1.17. The number of ether oxygens (including phenoxy) is 4. The molecule has 7 atom stereocenters. The smallest absolute Gasteiger partial charge is 0.333 e. The Bertz CT molecular complexity index is 390. The van der Waals surface area contributed by atoms with Crippen molar-refractivity contribution in [2.75, 3.05) is 13.2 Å². The molecule has 0 bridgehead atoms. The first-order chi connectivity index (χ1) is 10.9. The van der Waals surface area contributed by atoms with Gasteiger partial charge in [-0.1, -0.05) is 0 Å². The number of carboxylic acid groups (broad SMARTS) is 1. The zero-order chi connectivity index (χ0) is 17.0. The predicted octanol–water partition coefficient (Wildman–Crippen LogP) is -1.17. The molecular formula is C14H24O9. The molecule has 2 aliphatic rings. The number of aliphatic hydroxyl groups excluding tert-OH is 3. The molecule has 9 heteroatoms. The van der Waals surface area contributed by atoms with Crippen molar-refractivity contribution < 1.29 is 44.2 Å². The van der Waals surface area contributed by atoms with Gasteiger partial charge in [0.25, 0.3) is 0 Å². The fraction of sp³-hybridized carbons (Fsp3) is 0.929. The monoisotopic (exact) mass is 336 g/mol. The van der Waals surface area contributed by atoms with Crippen LogP contribution in [0.2, 0.25) is 0 Å². The number of hydrogen-bond donors (Lipinski definition) is 4. The fourth-order valence-corrected chi connectivity index (χ4v) is 2.67. The van der Waals surface area contributed by atoms with E-state index < -0.39 is 49.1 Å². The molecule has 2 saturated heterocycles. The van der Waals surface area contributed by atoms with Crippen LogP contribution in [0.5, 0.6) is 0 Å². The molecule has 2 aliphatic heterocycles. The highest BCUT2D eigenvalue weighted by Crippen LogP contribution is 2.24. The zero-order valence-corrected chi connectivity index (χ0v) is 12.9. The summed E-state index contributed by atoms with van der Waals surface area (Å²) in [6.45, 7) is 2.07. The number of carbonyl (C=O) groups is 1. The van der Waals surface area contributed by atoms with Gasteiger partial charge in [-0.25, -0.2) is 4.79 Å². The second-order valence-corrected chi connectivity index (χ2v) is 5.70. The largest absolute Gasteiger partial charge is 0.479 e. The van der Waals surface area contributed by atoms with E-state index >= 15 is 0 Å². The van der Waals surface area contributed by atoms with Crippen molar-refractivity contribution in [3.8, 4) is 0 Å². The average Bonchev–Trinajstić information content (AvgIpc) is 2.49. The van der Waals surface area contributed by atoms with Gasteiger partial charge < -0.3 is 39.4 Å². The summed E-state index contributed by atoms with van der Waals surface area (Å²) in [5.74, 6) is -1.17. The van der Waals surface area contributed by atoms with E-state index in [4.69, 9.17) is 24.1 Å². The summed E-state index contributed by atoms with van der Waals surface area (Å²) in [6.07, 6.45) is -6.22. The molecule has 0 saturated carbocycles. The van der Waals surface area contributed by atoms with Crippen LogP contribution < -0.4 is 0 Å². The molecule has 0 aromatic carbocycles. The summed E-state index contributed by atoms with van der Waals surface area (Å²) < 4.78 is 21.5. The van der Waals surface area contributed by atoms with Gasteiger partial charge in [0.2, 0.25) is 0 Å². The summed E-state index contributed by atoms with van der Waals surface area (Å²) in [5, 5.41) is 38.4. The zero-order valence-electron chi connectivity index (χ0n) is 12.9. The molecule has 9 nitrogen and oxygen atoms in total. The van der Waals surface area contributed by atoms with Gasteiger partial charge in [-0.05, 0) is 6.92 Å². The van der Waals surface area contributed by atoms with Gasteiger partial charge in [0.05, 0.1) is 18.8 Å². The van der Waals surface area contributed by atoms with Crippen molar-refractivity contribution in [2.24, 2.45) is 0 Å². The van der Waals surface area contributed by atoms with Gasteiger partial charge in [-0.3, -0.25) is 0 Å². The van der Waals surface area contributed by atoms with E-state index in [1.54, 1.807) is 6.92 Å². The number of rotatable bonds is 6. The van der Waals surface area contributed by atoms with Crippen LogP contribution in [0.4, 0.5) is 0 Å². The van der Waals surface area contributed by atoms with Gasteiger partial charge in [-0.2, -0.15) is 0 Å². The Morgan fingerprint density at radius 1 is 1.09 bits per heavy atom. The van der Waals surface area contributed by atoms with Crippen LogP contribution in [0.1, 0.15) is 26.2 Å². The summed E-state index contributed by atoms with van der Waals surface area (Å²) in [7, 11) is 0. The van der Waals surface area contributed by atoms with Crippen LogP contribution in [0.3, 0.4) is 0 Å². The van der Waals surface area contributed by atoms with E-state index in [2.05, 4.69) is 0 Å². The van der Waals surface area contributed by atoms with E-state index in [9.17, 15) is 20.1 Å². The maximum atomic E-state index is 11.0. The Balaban J connectivity index is 1.86. The summed E-state index contributed by atoms with van der Waals surface area (Å²) in [5.41, 5.74) is 0. The van der Waals surface area contributed by atoms with E-state index in [1.165, 1.54) is 0 Å². The van der Waals surface area contributed by atoms with E-state index in [-0.39, 0.29) is 25.9 Å². The highest BCUT2D eigenvalue weighted by Gasteiger charge is 2.39. The lowest BCUT2D eigenvalue weighted by molar-refractivity contribution is -0.279. The molecule has 23 heavy (non-hydrogen) atoms. The normalized spacial score (nSPS) is 41.7. The van der Waals surface area contributed by atoms with Gasteiger partial charge in [0.1, 0.15) is 12.2 Å². The molecule has 134 valence electrons. The Morgan fingerprint density at radius 2 is 1.78 bits per heavy atom. The lowest BCUT2D eigenvalue weighted by atomic mass is 10.0. The van der Waals surface area contributed by atoms with Crippen LogP contribution in [0.15, 0.2) is 0 Å². The predicted molar refractivity (Wildman–Crippen MR) is 74.4 cm³/mol. The third-order valence-corrected chi connectivity index (χ3v) is 3.88. The lowest BCUT2D eigenvalue weighted by Crippen LogP contribution is -2.51. The van der Waals surface area contributed by atoms with Gasteiger partial charge in [-0.15, -0.1) is 0 Å². The number of carboxylic acids is 1. The van der Waals surface area contributed by atoms with Gasteiger partial charge in [0, 0.05) is 25.9 Å². The Kier molecular flexibility index (Phi) is 6.72. The lowest BCUT2D eigenvalue weighted by Gasteiger charge is -2.38. The minimum absolute atomic E-state index is 0.00285. The van der Waals surface area contributed by atoms with Gasteiger partial charge in [0.15, 0.2) is 18.7 Å². The van der Waals surface area contributed by atoms with E-state index in [0.29, 0.717) is 6.61 Å². The second-order valence-electron chi connectivity index (χ2n) is 5.70. The van der Waals surface area contributed by atoms with E-state index in [0.717, 1.165) is 0 Å². The molecule has 0 amide bonds. The molecule has 2 fully saturated rings. The number of aliphatic hydroxyl groups is 3. The molecule has 0 spiro atoms. The van der Waals surface area contributed by atoms with Crippen molar-refractivity contribution in [3.05, 3.63) is 0 Å². The third kappa shape index (κ3) is 5.08. The molecule has 0 aliphatic carbocycles. The molecule has 2 rings (SSSR count). The third-order valence-electron chi connectivity index (χ3n) is 3.88. The van der Waals surface area contributed by atoms with Crippen molar-refractivity contribution in [1.29, 1.82) is 0 Å². The molecular weight excluding hydrogens is 312 g/mol. The van der Waals surface area contributed by atoms with Crippen molar-refractivity contribution in [1.82, 2.24) is 0 Å². The minimum Gasteiger partial charge on any atom is -0.479 e. The average molecular weight is 336 g/mol. The molecule has 0 aromatic rings. The Hall–Kier alpha value is -0.810. The highest BCUT2D eigenvalue weighted by molar-refractivity contribution is 5.72. The molecule has 0 aromatic heterocycles. The number of aliphatic carboxylic acids is 1. The maximum Gasteiger partial charge on any atom is 0.333 e. The van der Waals surface area contributed by atoms with Gasteiger partial charge >= 0.3 is 5.97 Å². The van der Waals surface area contributed by atoms with Crippen LogP contribution in [-0.2, 0) is 23.7 Å². The first-order valence-electron chi connectivity index (χ1n) is 7.71. The first-order valence-corrected chi connectivity index (χ1v) is 7.71. The highest BCUT2D eigenvalue weighted by atomic mass is 16.7. The van der Waals surface area contributed by atoms with Crippen molar-refractivity contribution in [2.45, 2.75) is 69.3 Å². The topological polar surface area (TPSA) is 135 Å². The molecule has 2 heterocycles. The molecule has 0 radical (unpaired) electrons. The van der Waals surface area contributed by atoms with Crippen LogP contribution >= 0.6 is 0 Å².